The fourth-order valence-electron chi connectivity index (χ4n) is 4.31. The van der Waals surface area contributed by atoms with Crippen LogP contribution in [0.25, 0.3) is 0 Å². The molecule has 0 spiro atoms. The van der Waals surface area contributed by atoms with E-state index in [0.717, 1.165) is 49.7 Å². The normalized spacial score (nSPS) is 14.1. The molecular formula is C26H35N7O5. The van der Waals surface area contributed by atoms with Gasteiger partial charge in [0.15, 0.2) is 23.0 Å². The molecule has 1 fully saturated rings. The summed E-state index contributed by atoms with van der Waals surface area (Å²) in [6.07, 6.45) is 1.43. The Morgan fingerprint density at radius 3 is 1.68 bits per heavy atom. The topological polar surface area (TPSA) is 115 Å². The fourth-order valence-corrected chi connectivity index (χ4v) is 4.31. The van der Waals surface area contributed by atoms with Gasteiger partial charge < -0.3 is 39.2 Å². The Balaban J connectivity index is 1.56. The summed E-state index contributed by atoms with van der Waals surface area (Å²) in [7, 11) is 10.1. The number of benzene rings is 2. The molecule has 0 radical (unpaired) electrons. The standard InChI is InChI=1S/C26H35N7O5/c1-32-7-9-33(10-8-32)15-17-11-18(12-20(34-2)23(17)37-5)29-25-27-16-28-26(31-25)30-19-13-21(35-3)24(38-6)22(14-19)36-4/h11-14,16H,7-10,15H2,1-6H3,(H2,27,28,29,30,31). The highest BCUT2D eigenvalue weighted by atomic mass is 16.5. The second kappa shape index (κ2) is 12.5. The zero-order valence-corrected chi connectivity index (χ0v) is 22.7. The summed E-state index contributed by atoms with van der Waals surface area (Å²) >= 11 is 0. The minimum Gasteiger partial charge on any atom is -0.493 e. The van der Waals surface area contributed by atoms with Crippen molar-refractivity contribution in [2.24, 2.45) is 0 Å². The van der Waals surface area contributed by atoms with E-state index in [2.05, 4.69) is 42.4 Å². The number of anilines is 4. The second-order valence-corrected chi connectivity index (χ2v) is 8.75. The van der Waals surface area contributed by atoms with Gasteiger partial charge in [-0.1, -0.05) is 0 Å². The third-order valence-corrected chi connectivity index (χ3v) is 6.29. The molecular weight excluding hydrogens is 490 g/mol. The first-order chi connectivity index (χ1) is 18.5. The van der Waals surface area contributed by atoms with Gasteiger partial charge in [-0.25, -0.2) is 9.97 Å². The number of likely N-dealkylation sites (N-methyl/N-ethyl adjacent to an activating group) is 1. The first-order valence-corrected chi connectivity index (χ1v) is 12.2. The molecule has 0 saturated carbocycles. The van der Waals surface area contributed by atoms with Gasteiger partial charge in [0.2, 0.25) is 17.6 Å². The molecule has 3 aromatic rings. The van der Waals surface area contributed by atoms with Crippen LogP contribution in [0.2, 0.25) is 0 Å². The van der Waals surface area contributed by atoms with Gasteiger partial charge in [-0.05, 0) is 13.1 Å². The lowest BCUT2D eigenvalue weighted by Gasteiger charge is -2.32. The number of rotatable bonds is 11. The highest BCUT2D eigenvalue weighted by molar-refractivity contribution is 5.67. The van der Waals surface area contributed by atoms with E-state index < -0.39 is 0 Å². The predicted molar refractivity (Wildman–Crippen MR) is 145 cm³/mol. The van der Waals surface area contributed by atoms with E-state index in [1.807, 2.05) is 12.1 Å². The third-order valence-electron chi connectivity index (χ3n) is 6.29. The van der Waals surface area contributed by atoms with Crippen LogP contribution in [-0.2, 0) is 6.54 Å². The number of nitrogens with zero attached hydrogens (tertiary/aromatic N) is 5. The largest absolute Gasteiger partial charge is 0.493 e. The van der Waals surface area contributed by atoms with Gasteiger partial charge in [-0.3, -0.25) is 4.90 Å². The monoisotopic (exact) mass is 525 g/mol. The van der Waals surface area contributed by atoms with E-state index >= 15 is 0 Å². The van der Waals surface area contributed by atoms with Crippen LogP contribution in [0.5, 0.6) is 28.7 Å². The molecule has 1 aliphatic rings. The van der Waals surface area contributed by atoms with Crippen molar-refractivity contribution in [3.8, 4) is 28.7 Å². The maximum atomic E-state index is 5.70. The minimum atomic E-state index is 0.343. The molecule has 2 aromatic carbocycles. The van der Waals surface area contributed by atoms with Crippen molar-refractivity contribution in [1.82, 2.24) is 24.8 Å². The highest BCUT2D eigenvalue weighted by Crippen LogP contribution is 2.40. The zero-order chi connectivity index (χ0) is 27.1. The Hall–Kier alpha value is -4.03. The molecule has 0 atom stereocenters. The number of hydrogen-bond donors (Lipinski definition) is 2. The van der Waals surface area contributed by atoms with Gasteiger partial charge in [0.25, 0.3) is 0 Å². The van der Waals surface area contributed by atoms with Crippen LogP contribution in [0.3, 0.4) is 0 Å². The lowest BCUT2D eigenvalue weighted by molar-refractivity contribution is 0.147. The molecule has 2 N–H and O–H groups in total. The third kappa shape index (κ3) is 6.26. The smallest absolute Gasteiger partial charge is 0.232 e. The number of nitrogens with one attached hydrogen (secondary N) is 2. The van der Waals surface area contributed by atoms with Crippen molar-refractivity contribution in [2.45, 2.75) is 6.54 Å². The SMILES string of the molecule is COc1cc(Nc2ncnc(Nc3cc(OC)c(OC)c(OC)c3)n2)cc(CN2CCN(C)CC2)c1OC. The summed E-state index contributed by atoms with van der Waals surface area (Å²) in [6, 6.07) is 7.45. The van der Waals surface area contributed by atoms with E-state index in [9.17, 15) is 0 Å². The van der Waals surface area contributed by atoms with Gasteiger partial charge in [0, 0.05) is 67.9 Å². The van der Waals surface area contributed by atoms with Crippen LogP contribution in [0, 0.1) is 0 Å². The molecule has 204 valence electrons. The number of ether oxygens (including phenoxy) is 5. The Kier molecular flexibility index (Phi) is 8.87. The first-order valence-electron chi connectivity index (χ1n) is 12.2. The van der Waals surface area contributed by atoms with Crippen molar-refractivity contribution < 1.29 is 23.7 Å². The van der Waals surface area contributed by atoms with E-state index in [1.54, 1.807) is 47.7 Å². The van der Waals surface area contributed by atoms with Crippen molar-refractivity contribution in [1.29, 1.82) is 0 Å². The van der Waals surface area contributed by atoms with Crippen LogP contribution in [0.1, 0.15) is 5.56 Å². The molecule has 12 heteroatoms. The Morgan fingerprint density at radius 2 is 1.18 bits per heavy atom. The summed E-state index contributed by atoms with van der Waals surface area (Å²) in [5.74, 6) is 3.59. The highest BCUT2D eigenvalue weighted by Gasteiger charge is 2.19. The molecule has 4 rings (SSSR count). The molecule has 1 aliphatic heterocycles. The molecule has 0 unspecified atom stereocenters. The van der Waals surface area contributed by atoms with Gasteiger partial charge in [0.05, 0.1) is 35.5 Å². The van der Waals surface area contributed by atoms with Crippen molar-refractivity contribution in [3.05, 3.63) is 36.2 Å². The molecule has 0 aliphatic carbocycles. The molecule has 2 heterocycles. The van der Waals surface area contributed by atoms with Crippen LogP contribution in [-0.4, -0.2) is 93.5 Å². The molecule has 38 heavy (non-hydrogen) atoms. The van der Waals surface area contributed by atoms with Crippen LogP contribution >= 0.6 is 0 Å². The first kappa shape index (κ1) is 27.0. The van der Waals surface area contributed by atoms with Crippen LogP contribution < -0.4 is 34.3 Å². The van der Waals surface area contributed by atoms with Gasteiger partial charge in [-0.2, -0.15) is 4.98 Å². The second-order valence-electron chi connectivity index (χ2n) is 8.75. The van der Waals surface area contributed by atoms with E-state index in [0.29, 0.717) is 40.6 Å². The predicted octanol–water partition coefficient (Wildman–Crippen LogP) is 3.15. The van der Waals surface area contributed by atoms with Crippen molar-refractivity contribution >= 4 is 23.3 Å². The average molecular weight is 526 g/mol. The van der Waals surface area contributed by atoms with E-state index in [-0.39, 0.29) is 0 Å². The molecule has 1 aromatic heterocycles. The molecule has 0 amide bonds. The van der Waals surface area contributed by atoms with Gasteiger partial charge in [-0.15, -0.1) is 0 Å². The molecule has 0 bridgehead atoms. The summed E-state index contributed by atoms with van der Waals surface area (Å²) in [5.41, 5.74) is 2.46. The van der Waals surface area contributed by atoms with Crippen LogP contribution in [0.15, 0.2) is 30.6 Å². The van der Waals surface area contributed by atoms with Crippen molar-refractivity contribution in [3.63, 3.8) is 0 Å². The lowest BCUT2D eigenvalue weighted by Crippen LogP contribution is -2.43. The van der Waals surface area contributed by atoms with Crippen LogP contribution in [0.4, 0.5) is 23.3 Å². The molecule has 12 nitrogen and oxygen atoms in total. The zero-order valence-electron chi connectivity index (χ0n) is 22.7. The maximum Gasteiger partial charge on any atom is 0.232 e. The minimum absolute atomic E-state index is 0.343. The summed E-state index contributed by atoms with van der Waals surface area (Å²) in [6.45, 7) is 4.79. The lowest BCUT2D eigenvalue weighted by atomic mass is 10.1. The number of methoxy groups -OCH3 is 5. The van der Waals surface area contributed by atoms with E-state index in [1.165, 1.54) is 6.33 Å². The summed E-state index contributed by atoms with van der Waals surface area (Å²) in [5, 5.41) is 6.44. The quantitative estimate of drug-likeness (QED) is 0.383. The maximum absolute atomic E-state index is 5.70. The average Bonchev–Trinajstić information content (AvgIpc) is 2.93. The Morgan fingerprint density at radius 1 is 0.684 bits per heavy atom. The number of hydrogen-bond acceptors (Lipinski definition) is 12. The summed E-state index contributed by atoms with van der Waals surface area (Å²) in [4.78, 5) is 17.8. The summed E-state index contributed by atoms with van der Waals surface area (Å²) < 4.78 is 27.6. The van der Waals surface area contributed by atoms with E-state index in [4.69, 9.17) is 23.7 Å². The molecule has 1 saturated heterocycles. The Labute approximate surface area is 222 Å². The van der Waals surface area contributed by atoms with Gasteiger partial charge in [0.1, 0.15) is 6.33 Å². The number of aromatic nitrogens is 3. The van der Waals surface area contributed by atoms with Gasteiger partial charge >= 0.3 is 0 Å². The fraction of sp³-hybridized carbons (Fsp3) is 0.423. The Bertz CT molecular complexity index is 1210. The van der Waals surface area contributed by atoms with Crippen molar-refractivity contribution in [2.75, 3.05) is 79.4 Å². The number of piperazine rings is 1.